The van der Waals surface area contributed by atoms with E-state index in [2.05, 4.69) is 5.11 Å². The van der Waals surface area contributed by atoms with Gasteiger partial charge in [0.15, 0.2) is 0 Å². The Kier molecular flexibility index (Phi) is 1.80. The van der Waals surface area contributed by atoms with Crippen molar-refractivity contribution in [2.75, 3.05) is 0 Å². The van der Waals surface area contributed by atoms with Crippen LogP contribution in [0.25, 0.3) is 0 Å². The molecule has 0 unspecified atom stereocenters. The van der Waals surface area contributed by atoms with Crippen LogP contribution in [0.1, 0.15) is 0 Å². The highest BCUT2D eigenvalue weighted by Crippen LogP contribution is 2.16. The van der Waals surface area contributed by atoms with E-state index < -0.39 is 0 Å². The maximum absolute atomic E-state index is 6.61. The van der Waals surface area contributed by atoms with Gasteiger partial charge in [-0.1, -0.05) is 17.7 Å². The fraction of sp³-hybridized carbons (Fsp3) is 0. The zero-order valence-corrected chi connectivity index (χ0v) is 5.39. The van der Waals surface area contributed by atoms with Crippen LogP contribution in [0.5, 0.6) is 0 Å². The molecule has 46 valence electrons. The SMILES string of the molecule is N=Nc1cccc(Cl)c1. The van der Waals surface area contributed by atoms with Gasteiger partial charge in [-0.3, -0.25) is 0 Å². The van der Waals surface area contributed by atoms with E-state index in [1.807, 2.05) is 0 Å². The molecule has 9 heavy (non-hydrogen) atoms. The fourth-order valence-corrected chi connectivity index (χ4v) is 0.730. The van der Waals surface area contributed by atoms with E-state index in [0.717, 1.165) is 0 Å². The molecule has 0 amide bonds. The molecule has 1 N–H and O–H groups in total. The first-order valence-electron chi connectivity index (χ1n) is 2.46. The summed E-state index contributed by atoms with van der Waals surface area (Å²) in [7, 11) is 0. The normalized spacial score (nSPS) is 9.00. The second-order valence-corrected chi connectivity index (χ2v) is 2.03. The number of hydrogen-bond donors (Lipinski definition) is 1. The highest BCUT2D eigenvalue weighted by molar-refractivity contribution is 6.30. The van der Waals surface area contributed by atoms with Gasteiger partial charge in [-0.25, -0.2) is 5.53 Å². The standard InChI is InChI=1S/C6H5ClN2/c7-5-2-1-3-6(4-5)9-8/h1-4,8H. The summed E-state index contributed by atoms with van der Waals surface area (Å²) in [4.78, 5) is 0. The van der Waals surface area contributed by atoms with Gasteiger partial charge in [0.2, 0.25) is 0 Å². The zero-order chi connectivity index (χ0) is 6.69. The van der Waals surface area contributed by atoms with E-state index in [4.69, 9.17) is 17.1 Å². The van der Waals surface area contributed by atoms with E-state index in [1.165, 1.54) is 0 Å². The molecule has 0 aliphatic rings. The van der Waals surface area contributed by atoms with Crippen molar-refractivity contribution < 1.29 is 0 Å². The van der Waals surface area contributed by atoms with Crippen LogP contribution in [0.15, 0.2) is 29.4 Å². The average Bonchev–Trinajstić information content (AvgIpc) is 1.88. The van der Waals surface area contributed by atoms with Crippen LogP contribution in [0.3, 0.4) is 0 Å². The Morgan fingerprint density at radius 1 is 1.44 bits per heavy atom. The van der Waals surface area contributed by atoms with Crippen molar-refractivity contribution in [1.29, 1.82) is 5.53 Å². The van der Waals surface area contributed by atoms with Crippen LogP contribution < -0.4 is 0 Å². The van der Waals surface area contributed by atoms with Gasteiger partial charge in [0.25, 0.3) is 0 Å². The van der Waals surface area contributed by atoms with Crippen LogP contribution in [0, 0.1) is 5.53 Å². The van der Waals surface area contributed by atoms with E-state index in [0.29, 0.717) is 10.7 Å². The van der Waals surface area contributed by atoms with Gasteiger partial charge in [-0.15, -0.1) is 0 Å². The third-order valence-corrected chi connectivity index (χ3v) is 1.17. The van der Waals surface area contributed by atoms with Gasteiger partial charge in [0.05, 0.1) is 5.69 Å². The van der Waals surface area contributed by atoms with Gasteiger partial charge in [0.1, 0.15) is 0 Å². The Morgan fingerprint density at radius 2 is 2.22 bits per heavy atom. The summed E-state index contributed by atoms with van der Waals surface area (Å²) < 4.78 is 0. The molecule has 0 saturated heterocycles. The number of hydrogen-bond acceptors (Lipinski definition) is 2. The molecule has 0 heterocycles. The summed E-state index contributed by atoms with van der Waals surface area (Å²) in [5, 5.41) is 3.81. The minimum Gasteiger partial charge on any atom is -0.204 e. The molecule has 0 aliphatic carbocycles. The Labute approximate surface area is 58.0 Å². The lowest BCUT2D eigenvalue weighted by Crippen LogP contribution is -1.61. The lowest BCUT2D eigenvalue weighted by molar-refractivity contribution is 1.15. The average molecular weight is 141 g/mol. The quantitative estimate of drug-likeness (QED) is 0.583. The minimum atomic E-state index is 0.586. The van der Waals surface area contributed by atoms with Gasteiger partial charge in [-0.2, -0.15) is 5.11 Å². The first-order chi connectivity index (χ1) is 4.33. The van der Waals surface area contributed by atoms with Crippen molar-refractivity contribution in [3.63, 3.8) is 0 Å². The Balaban J connectivity index is 3.07. The molecule has 0 radical (unpaired) electrons. The third kappa shape index (κ3) is 1.50. The van der Waals surface area contributed by atoms with Crippen LogP contribution in [0.4, 0.5) is 5.69 Å². The molecule has 1 aromatic rings. The molecule has 2 nitrogen and oxygen atoms in total. The largest absolute Gasteiger partial charge is 0.204 e. The third-order valence-electron chi connectivity index (χ3n) is 0.937. The molecule has 0 aromatic heterocycles. The van der Waals surface area contributed by atoms with E-state index >= 15 is 0 Å². The topological polar surface area (TPSA) is 36.2 Å². The highest BCUT2D eigenvalue weighted by Gasteiger charge is 1.87. The minimum absolute atomic E-state index is 0.586. The predicted molar refractivity (Wildman–Crippen MR) is 36.3 cm³/mol. The number of halogens is 1. The molecule has 0 saturated carbocycles. The summed E-state index contributed by atoms with van der Waals surface area (Å²) in [6.07, 6.45) is 0. The molecule has 3 heteroatoms. The van der Waals surface area contributed by atoms with Crippen LogP contribution in [0.2, 0.25) is 5.02 Å². The van der Waals surface area contributed by atoms with Crippen LogP contribution in [-0.2, 0) is 0 Å². The Hall–Kier alpha value is -0.890. The van der Waals surface area contributed by atoms with Crippen molar-refractivity contribution in [3.8, 4) is 0 Å². The Bertz CT molecular complexity index is 222. The smallest absolute Gasteiger partial charge is 0.0864 e. The second-order valence-electron chi connectivity index (χ2n) is 1.59. The molecule has 1 aromatic carbocycles. The Morgan fingerprint density at radius 3 is 2.67 bits per heavy atom. The van der Waals surface area contributed by atoms with E-state index in [-0.39, 0.29) is 0 Å². The highest BCUT2D eigenvalue weighted by atomic mass is 35.5. The maximum atomic E-state index is 6.61. The zero-order valence-electron chi connectivity index (χ0n) is 4.63. The molecular weight excluding hydrogens is 136 g/mol. The van der Waals surface area contributed by atoms with Gasteiger partial charge < -0.3 is 0 Å². The molecular formula is C6H5ClN2. The summed E-state index contributed by atoms with van der Waals surface area (Å²) in [6, 6.07) is 6.86. The maximum Gasteiger partial charge on any atom is 0.0864 e. The number of rotatable bonds is 1. The molecule has 1 rings (SSSR count). The van der Waals surface area contributed by atoms with E-state index in [9.17, 15) is 0 Å². The van der Waals surface area contributed by atoms with Gasteiger partial charge in [-0.05, 0) is 18.2 Å². The second kappa shape index (κ2) is 2.60. The predicted octanol–water partition coefficient (Wildman–Crippen LogP) is 3.00. The van der Waals surface area contributed by atoms with Crippen molar-refractivity contribution in [3.05, 3.63) is 29.3 Å². The monoisotopic (exact) mass is 140 g/mol. The molecule has 0 spiro atoms. The number of benzene rings is 1. The fourth-order valence-electron chi connectivity index (χ4n) is 0.546. The van der Waals surface area contributed by atoms with Gasteiger partial charge in [0, 0.05) is 5.02 Å². The van der Waals surface area contributed by atoms with Crippen LogP contribution in [-0.4, -0.2) is 0 Å². The molecule has 0 atom stereocenters. The first-order valence-corrected chi connectivity index (χ1v) is 2.84. The lowest BCUT2D eigenvalue weighted by atomic mass is 10.3. The number of nitrogens with zero attached hydrogens (tertiary/aromatic N) is 1. The lowest BCUT2D eigenvalue weighted by Gasteiger charge is -1.88. The summed E-state index contributed by atoms with van der Waals surface area (Å²) in [5.41, 5.74) is 7.19. The first kappa shape index (κ1) is 6.23. The summed E-state index contributed by atoms with van der Waals surface area (Å²) in [6.45, 7) is 0. The molecule has 0 bridgehead atoms. The van der Waals surface area contributed by atoms with Crippen molar-refractivity contribution >= 4 is 17.3 Å². The van der Waals surface area contributed by atoms with E-state index in [1.54, 1.807) is 24.3 Å². The van der Waals surface area contributed by atoms with Crippen molar-refractivity contribution in [2.24, 2.45) is 5.11 Å². The molecule has 0 aliphatic heterocycles. The summed E-state index contributed by atoms with van der Waals surface area (Å²) in [5.74, 6) is 0. The van der Waals surface area contributed by atoms with Crippen molar-refractivity contribution in [1.82, 2.24) is 0 Å². The van der Waals surface area contributed by atoms with Gasteiger partial charge >= 0.3 is 0 Å². The molecule has 0 fully saturated rings. The van der Waals surface area contributed by atoms with Crippen LogP contribution >= 0.6 is 11.6 Å². The number of nitrogens with one attached hydrogen (secondary N) is 1. The summed E-state index contributed by atoms with van der Waals surface area (Å²) >= 11 is 5.58. The van der Waals surface area contributed by atoms with Crippen molar-refractivity contribution in [2.45, 2.75) is 0 Å².